The molecule has 0 aliphatic heterocycles. The standard InChI is InChI=1S/C14H6BrF5O/c15-10-3-1-2-8(12(10)17)13(21)7-4-5-9(11(16)6-7)14(18,19)20/h1-6H. The second kappa shape index (κ2) is 5.55. The first-order valence-corrected chi connectivity index (χ1v) is 6.36. The van der Waals surface area contributed by atoms with Crippen molar-refractivity contribution in [1.29, 1.82) is 0 Å². The fourth-order valence-corrected chi connectivity index (χ4v) is 2.09. The van der Waals surface area contributed by atoms with Gasteiger partial charge < -0.3 is 0 Å². The third kappa shape index (κ3) is 3.12. The van der Waals surface area contributed by atoms with Crippen molar-refractivity contribution in [2.24, 2.45) is 0 Å². The molecule has 2 aromatic rings. The third-order valence-corrected chi connectivity index (χ3v) is 3.35. The number of carbonyl (C=O) groups is 1. The van der Waals surface area contributed by atoms with Gasteiger partial charge in [0, 0.05) is 5.56 Å². The van der Waals surface area contributed by atoms with Gasteiger partial charge in [0.1, 0.15) is 11.6 Å². The lowest BCUT2D eigenvalue weighted by atomic mass is 10.0. The van der Waals surface area contributed by atoms with E-state index in [1.807, 2.05) is 0 Å². The van der Waals surface area contributed by atoms with Gasteiger partial charge >= 0.3 is 6.18 Å². The largest absolute Gasteiger partial charge is 0.419 e. The van der Waals surface area contributed by atoms with Crippen LogP contribution in [0.3, 0.4) is 0 Å². The van der Waals surface area contributed by atoms with E-state index in [4.69, 9.17) is 0 Å². The van der Waals surface area contributed by atoms with E-state index in [-0.39, 0.29) is 15.6 Å². The zero-order valence-electron chi connectivity index (χ0n) is 10.1. The summed E-state index contributed by atoms with van der Waals surface area (Å²) in [6, 6.07) is 5.64. The van der Waals surface area contributed by atoms with Crippen molar-refractivity contribution in [2.45, 2.75) is 6.18 Å². The molecule has 0 N–H and O–H groups in total. The summed E-state index contributed by atoms with van der Waals surface area (Å²) in [6.07, 6.45) is -4.85. The topological polar surface area (TPSA) is 17.1 Å². The van der Waals surface area contributed by atoms with Crippen LogP contribution in [0.15, 0.2) is 40.9 Å². The lowest BCUT2D eigenvalue weighted by molar-refractivity contribution is -0.140. The SMILES string of the molecule is O=C(c1ccc(C(F)(F)F)c(F)c1)c1cccc(Br)c1F. The highest BCUT2D eigenvalue weighted by Crippen LogP contribution is 2.32. The number of rotatable bonds is 2. The van der Waals surface area contributed by atoms with Crippen LogP contribution in [-0.2, 0) is 6.18 Å². The molecule has 0 amide bonds. The van der Waals surface area contributed by atoms with Gasteiger partial charge in [-0.15, -0.1) is 0 Å². The molecular weight excluding hydrogens is 359 g/mol. The molecular formula is C14H6BrF5O. The van der Waals surface area contributed by atoms with Crippen molar-refractivity contribution in [3.63, 3.8) is 0 Å². The summed E-state index contributed by atoms with van der Waals surface area (Å²) in [5.74, 6) is -3.34. The summed E-state index contributed by atoms with van der Waals surface area (Å²) < 4.78 is 64.5. The normalized spacial score (nSPS) is 11.5. The molecule has 0 atom stereocenters. The van der Waals surface area contributed by atoms with Crippen molar-refractivity contribution in [3.8, 4) is 0 Å². The van der Waals surface area contributed by atoms with E-state index >= 15 is 0 Å². The Balaban J connectivity index is 2.46. The van der Waals surface area contributed by atoms with Crippen LogP contribution in [0.25, 0.3) is 0 Å². The zero-order valence-corrected chi connectivity index (χ0v) is 11.7. The predicted molar refractivity (Wildman–Crippen MR) is 68.9 cm³/mol. The van der Waals surface area contributed by atoms with Crippen LogP contribution in [0.4, 0.5) is 22.0 Å². The van der Waals surface area contributed by atoms with Gasteiger partial charge in [0.05, 0.1) is 15.6 Å². The minimum absolute atomic E-state index is 0.0285. The Labute approximate surface area is 124 Å². The highest BCUT2D eigenvalue weighted by atomic mass is 79.9. The van der Waals surface area contributed by atoms with Crippen molar-refractivity contribution < 1.29 is 26.7 Å². The number of benzene rings is 2. The molecule has 2 rings (SSSR count). The lowest BCUT2D eigenvalue weighted by Gasteiger charge is -2.09. The molecule has 0 heterocycles. The number of hydrogen-bond acceptors (Lipinski definition) is 1. The van der Waals surface area contributed by atoms with Gasteiger partial charge in [0.15, 0.2) is 5.78 Å². The number of ketones is 1. The summed E-state index contributed by atoms with van der Waals surface area (Å²) in [5.41, 5.74) is -2.20. The molecule has 0 fully saturated rings. The smallest absolute Gasteiger partial charge is 0.288 e. The number of halogens is 6. The molecule has 7 heteroatoms. The zero-order chi connectivity index (χ0) is 15.8. The van der Waals surface area contributed by atoms with Crippen LogP contribution in [-0.4, -0.2) is 5.78 Å². The number of alkyl halides is 3. The summed E-state index contributed by atoms with van der Waals surface area (Å²) in [7, 11) is 0. The first-order chi connectivity index (χ1) is 9.71. The summed E-state index contributed by atoms with van der Waals surface area (Å²) >= 11 is 2.89. The first kappa shape index (κ1) is 15.6. The maximum Gasteiger partial charge on any atom is 0.419 e. The first-order valence-electron chi connectivity index (χ1n) is 5.57. The Bertz CT molecular complexity index is 709. The minimum Gasteiger partial charge on any atom is -0.288 e. The van der Waals surface area contributed by atoms with Gasteiger partial charge in [-0.05, 0) is 40.2 Å². The molecule has 0 unspecified atom stereocenters. The molecule has 0 saturated carbocycles. The van der Waals surface area contributed by atoms with Crippen LogP contribution < -0.4 is 0 Å². The van der Waals surface area contributed by atoms with Crippen LogP contribution >= 0.6 is 15.9 Å². The fourth-order valence-electron chi connectivity index (χ4n) is 1.72. The van der Waals surface area contributed by atoms with E-state index in [0.29, 0.717) is 12.1 Å². The molecule has 0 spiro atoms. The third-order valence-electron chi connectivity index (χ3n) is 2.73. The fraction of sp³-hybridized carbons (Fsp3) is 0.0714. The van der Waals surface area contributed by atoms with E-state index in [1.54, 1.807) is 0 Å². The van der Waals surface area contributed by atoms with Crippen molar-refractivity contribution in [1.82, 2.24) is 0 Å². The monoisotopic (exact) mass is 364 g/mol. The van der Waals surface area contributed by atoms with Crippen molar-refractivity contribution in [2.75, 3.05) is 0 Å². The van der Waals surface area contributed by atoms with Crippen LogP contribution in [0.2, 0.25) is 0 Å². The van der Waals surface area contributed by atoms with Gasteiger partial charge in [-0.1, -0.05) is 12.1 Å². The molecule has 0 saturated heterocycles. The maximum atomic E-state index is 13.8. The lowest BCUT2D eigenvalue weighted by Crippen LogP contribution is -2.11. The average molecular weight is 365 g/mol. The second-order valence-corrected chi connectivity index (χ2v) is 4.98. The Morgan fingerprint density at radius 1 is 1.05 bits per heavy atom. The highest BCUT2D eigenvalue weighted by Gasteiger charge is 2.34. The van der Waals surface area contributed by atoms with E-state index in [9.17, 15) is 26.7 Å². The average Bonchev–Trinajstić information content (AvgIpc) is 2.39. The van der Waals surface area contributed by atoms with Gasteiger partial charge in [0.25, 0.3) is 0 Å². The van der Waals surface area contributed by atoms with E-state index in [2.05, 4.69) is 15.9 Å². The van der Waals surface area contributed by atoms with Gasteiger partial charge in [-0.2, -0.15) is 13.2 Å². The van der Waals surface area contributed by atoms with E-state index < -0.39 is 29.2 Å². The highest BCUT2D eigenvalue weighted by molar-refractivity contribution is 9.10. The van der Waals surface area contributed by atoms with E-state index in [1.165, 1.54) is 12.1 Å². The van der Waals surface area contributed by atoms with Crippen molar-refractivity contribution >= 4 is 21.7 Å². The van der Waals surface area contributed by atoms with Crippen LogP contribution in [0.5, 0.6) is 0 Å². The molecule has 21 heavy (non-hydrogen) atoms. The Morgan fingerprint density at radius 2 is 1.71 bits per heavy atom. The Morgan fingerprint density at radius 3 is 2.29 bits per heavy atom. The molecule has 110 valence electrons. The van der Waals surface area contributed by atoms with Gasteiger partial charge in [-0.25, -0.2) is 8.78 Å². The van der Waals surface area contributed by atoms with Gasteiger partial charge in [0.2, 0.25) is 0 Å². The Hall–Kier alpha value is -1.76. The molecule has 0 aliphatic carbocycles. The number of carbonyl (C=O) groups excluding carboxylic acids is 1. The molecule has 0 radical (unpaired) electrons. The second-order valence-electron chi connectivity index (χ2n) is 4.12. The van der Waals surface area contributed by atoms with Gasteiger partial charge in [-0.3, -0.25) is 4.79 Å². The predicted octanol–water partition coefficient (Wildman–Crippen LogP) is 4.98. The maximum absolute atomic E-state index is 13.8. The van der Waals surface area contributed by atoms with Crippen LogP contribution in [0.1, 0.15) is 21.5 Å². The number of hydrogen-bond donors (Lipinski definition) is 0. The quantitative estimate of drug-likeness (QED) is 0.542. The van der Waals surface area contributed by atoms with Crippen molar-refractivity contribution in [3.05, 3.63) is 69.2 Å². The summed E-state index contributed by atoms with van der Waals surface area (Å²) in [5, 5.41) is 0. The summed E-state index contributed by atoms with van der Waals surface area (Å²) in [6.45, 7) is 0. The Kier molecular flexibility index (Phi) is 4.13. The molecule has 1 nitrogen and oxygen atoms in total. The molecule has 0 bridgehead atoms. The minimum atomic E-state index is -4.85. The molecule has 0 aromatic heterocycles. The van der Waals surface area contributed by atoms with E-state index in [0.717, 1.165) is 12.1 Å². The molecule has 0 aliphatic rings. The molecule has 2 aromatic carbocycles. The summed E-state index contributed by atoms with van der Waals surface area (Å²) in [4.78, 5) is 12.0. The van der Waals surface area contributed by atoms with Crippen LogP contribution in [0, 0.1) is 11.6 Å².